The van der Waals surface area contributed by atoms with E-state index in [-0.39, 0.29) is 6.04 Å². The SMILES string of the molecule is CCN1CCN(c2cc(CNC(=NC)NC(C)Cc3c(C)nn(C)c3C)ccn2)CC1. The minimum absolute atomic E-state index is 0.246. The molecular weight excluding hydrogens is 388 g/mol. The number of anilines is 1. The van der Waals surface area contributed by atoms with Gasteiger partial charge in [0.25, 0.3) is 0 Å². The number of hydrogen-bond donors (Lipinski definition) is 2. The first kappa shape index (κ1) is 23.1. The van der Waals surface area contributed by atoms with Gasteiger partial charge >= 0.3 is 0 Å². The molecule has 2 N–H and O–H groups in total. The number of aliphatic imine (C=N–C) groups is 1. The van der Waals surface area contributed by atoms with Crippen LogP contribution >= 0.6 is 0 Å². The van der Waals surface area contributed by atoms with E-state index >= 15 is 0 Å². The third kappa shape index (κ3) is 5.97. The Morgan fingerprint density at radius 3 is 2.58 bits per heavy atom. The Hall–Kier alpha value is -2.61. The largest absolute Gasteiger partial charge is 0.354 e. The zero-order valence-corrected chi connectivity index (χ0v) is 19.9. The molecule has 170 valence electrons. The van der Waals surface area contributed by atoms with Crippen LogP contribution in [0.15, 0.2) is 23.3 Å². The van der Waals surface area contributed by atoms with Crippen LogP contribution in [-0.2, 0) is 20.0 Å². The summed E-state index contributed by atoms with van der Waals surface area (Å²) in [5.74, 6) is 1.87. The zero-order chi connectivity index (χ0) is 22.4. The molecule has 0 bridgehead atoms. The van der Waals surface area contributed by atoms with Crippen LogP contribution in [0.1, 0.15) is 36.4 Å². The minimum Gasteiger partial charge on any atom is -0.354 e. The Kier molecular flexibility index (Phi) is 7.90. The molecule has 1 aliphatic rings. The summed E-state index contributed by atoms with van der Waals surface area (Å²) in [7, 11) is 3.81. The third-order valence-corrected chi connectivity index (χ3v) is 6.19. The summed E-state index contributed by atoms with van der Waals surface area (Å²) < 4.78 is 1.95. The Morgan fingerprint density at radius 1 is 1.23 bits per heavy atom. The highest BCUT2D eigenvalue weighted by molar-refractivity contribution is 5.80. The van der Waals surface area contributed by atoms with E-state index in [0.29, 0.717) is 6.54 Å². The van der Waals surface area contributed by atoms with E-state index in [2.05, 4.69) is 75.3 Å². The molecule has 31 heavy (non-hydrogen) atoms. The third-order valence-electron chi connectivity index (χ3n) is 6.19. The molecule has 2 aromatic heterocycles. The number of aromatic nitrogens is 3. The normalized spacial score (nSPS) is 16.5. The van der Waals surface area contributed by atoms with Gasteiger partial charge in [-0.1, -0.05) is 6.92 Å². The first-order valence-electron chi connectivity index (χ1n) is 11.3. The van der Waals surface area contributed by atoms with Crippen LogP contribution in [0, 0.1) is 13.8 Å². The number of piperazine rings is 1. The van der Waals surface area contributed by atoms with Gasteiger partial charge in [-0.05, 0) is 57.0 Å². The van der Waals surface area contributed by atoms with Gasteiger partial charge in [-0.2, -0.15) is 5.10 Å². The number of nitrogens with one attached hydrogen (secondary N) is 2. The lowest BCUT2D eigenvalue weighted by molar-refractivity contribution is 0.270. The lowest BCUT2D eigenvalue weighted by Crippen LogP contribution is -2.46. The Morgan fingerprint density at radius 2 is 1.97 bits per heavy atom. The van der Waals surface area contributed by atoms with Crippen molar-refractivity contribution in [3.05, 3.63) is 40.8 Å². The molecule has 8 nitrogen and oxygen atoms in total. The average Bonchev–Trinajstić information content (AvgIpc) is 3.02. The predicted molar refractivity (Wildman–Crippen MR) is 128 cm³/mol. The second-order valence-corrected chi connectivity index (χ2v) is 8.39. The van der Waals surface area contributed by atoms with Gasteiger partial charge in [-0.3, -0.25) is 9.67 Å². The van der Waals surface area contributed by atoms with Crippen molar-refractivity contribution in [2.75, 3.05) is 44.7 Å². The van der Waals surface area contributed by atoms with Crippen molar-refractivity contribution in [1.82, 2.24) is 30.3 Å². The molecule has 2 aromatic rings. The van der Waals surface area contributed by atoms with E-state index in [9.17, 15) is 0 Å². The molecular formula is C23H38N8. The molecule has 1 saturated heterocycles. The van der Waals surface area contributed by atoms with E-state index in [0.717, 1.165) is 56.6 Å². The van der Waals surface area contributed by atoms with Crippen LogP contribution in [0.25, 0.3) is 0 Å². The molecule has 0 aromatic carbocycles. The minimum atomic E-state index is 0.246. The predicted octanol–water partition coefficient (Wildman–Crippen LogP) is 1.87. The molecule has 0 amide bonds. The summed E-state index contributed by atoms with van der Waals surface area (Å²) >= 11 is 0. The molecule has 1 unspecified atom stereocenters. The smallest absolute Gasteiger partial charge is 0.191 e. The van der Waals surface area contributed by atoms with Crippen LogP contribution in [-0.4, -0.2) is 71.4 Å². The highest BCUT2D eigenvalue weighted by atomic mass is 15.3. The van der Waals surface area contributed by atoms with Gasteiger partial charge in [0.05, 0.1) is 5.69 Å². The van der Waals surface area contributed by atoms with E-state index in [1.165, 1.54) is 16.8 Å². The highest BCUT2D eigenvalue weighted by Gasteiger charge is 2.17. The number of pyridine rings is 1. The molecule has 0 spiro atoms. The van der Waals surface area contributed by atoms with Gasteiger partial charge in [0.1, 0.15) is 5.82 Å². The lowest BCUT2D eigenvalue weighted by atomic mass is 10.1. The summed E-state index contributed by atoms with van der Waals surface area (Å²) in [5.41, 5.74) is 4.83. The van der Waals surface area contributed by atoms with Crippen molar-refractivity contribution in [1.29, 1.82) is 0 Å². The van der Waals surface area contributed by atoms with Crippen molar-refractivity contribution < 1.29 is 0 Å². The molecule has 8 heteroatoms. The van der Waals surface area contributed by atoms with Gasteiger partial charge in [-0.15, -0.1) is 0 Å². The number of rotatable bonds is 7. The van der Waals surface area contributed by atoms with Gasteiger partial charge in [-0.25, -0.2) is 4.98 Å². The monoisotopic (exact) mass is 426 g/mol. The van der Waals surface area contributed by atoms with E-state index < -0.39 is 0 Å². The summed E-state index contributed by atoms with van der Waals surface area (Å²) in [4.78, 5) is 13.9. The van der Waals surface area contributed by atoms with Crippen LogP contribution < -0.4 is 15.5 Å². The van der Waals surface area contributed by atoms with Crippen molar-refractivity contribution in [2.45, 2.75) is 46.7 Å². The van der Waals surface area contributed by atoms with Crippen molar-refractivity contribution in [3.8, 4) is 0 Å². The fraction of sp³-hybridized carbons (Fsp3) is 0.609. The molecule has 3 rings (SSSR count). The second-order valence-electron chi connectivity index (χ2n) is 8.39. The first-order chi connectivity index (χ1) is 14.9. The summed E-state index contributed by atoms with van der Waals surface area (Å²) in [5, 5.41) is 11.5. The number of nitrogens with zero attached hydrogens (tertiary/aromatic N) is 6. The maximum Gasteiger partial charge on any atom is 0.191 e. The Bertz CT molecular complexity index is 880. The molecule has 1 aliphatic heterocycles. The number of guanidine groups is 1. The second kappa shape index (κ2) is 10.6. The summed E-state index contributed by atoms with van der Waals surface area (Å²) in [6, 6.07) is 4.50. The Balaban J connectivity index is 1.53. The maximum absolute atomic E-state index is 4.60. The number of likely N-dealkylation sites (N-methyl/N-ethyl adjacent to an activating group) is 1. The molecule has 0 saturated carbocycles. The zero-order valence-electron chi connectivity index (χ0n) is 19.9. The van der Waals surface area contributed by atoms with Gasteiger partial charge in [0, 0.05) is 64.8 Å². The maximum atomic E-state index is 4.60. The van der Waals surface area contributed by atoms with Crippen molar-refractivity contribution in [2.24, 2.45) is 12.0 Å². The van der Waals surface area contributed by atoms with E-state index in [4.69, 9.17) is 0 Å². The topological polar surface area (TPSA) is 73.6 Å². The van der Waals surface area contributed by atoms with Crippen LogP contribution in [0.4, 0.5) is 5.82 Å². The van der Waals surface area contributed by atoms with Crippen molar-refractivity contribution >= 4 is 11.8 Å². The van der Waals surface area contributed by atoms with E-state index in [1.807, 2.05) is 25.0 Å². The Labute approximate surface area is 186 Å². The highest BCUT2D eigenvalue weighted by Crippen LogP contribution is 2.16. The standard InChI is InChI=1S/C23H38N8/c1-7-30-10-12-31(13-11-30)22-15-20(8-9-25-22)16-26-23(24-5)27-17(2)14-21-18(3)28-29(6)19(21)4/h8-9,15,17H,7,10-14,16H2,1-6H3,(H2,24,26,27). The van der Waals surface area contributed by atoms with Crippen molar-refractivity contribution in [3.63, 3.8) is 0 Å². The fourth-order valence-electron chi connectivity index (χ4n) is 4.12. The average molecular weight is 427 g/mol. The van der Waals surface area contributed by atoms with Crippen LogP contribution in [0.3, 0.4) is 0 Å². The van der Waals surface area contributed by atoms with Gasteiger partial charge < -0.3 is 20.4 Å². The number of hydrogen-bond acceptors (Lipinski definition) is 5. The van der Waals surface area contributed by atoms with Gasteiger partial charge in [0.15, 0.2) is 5.96 Å². The van der Waals surface area contributed by atoms with Gasteiger partial charge in [0.2, 0.25) is 0 Å². The first-order valence-corrected chi connectivity index (χ1v) is 11.3. The quantitative estimate of drug-likeness (QED) is 0.520. The summed E-state index contributed by atoms with van der Waals surface area (Å²) in [6.45, 7) is 14.7. The lowest BCUT2D eigenvalue weighted by Gasteiger charge is -2.34. The molecule has 1 fully saturated rings. The molecule has 1 atom stereocenters. The molecule has 3 heterocycles. The molecule has 0 radical (unpaired) electrons. The molecule has 0 aliphatic carbocycles. The fourth-order valence-corrected chi connectivity index (χ4v) is 4.12. The summed E-state index contributed by atoms with van der Waals surface area (Å²) in [6.07, 6.45) is 2.82. The van der Waals surface area contributed by atoms with E-state index in [1.54, 1.807) is 0 Å². The van der Waals surface area contributed by atoms with Crippen LogP contribution in [0.2, 0.25) is 0 Å². The number of aryl methyl sites for hydroxylation is 2. The van der Waals surface area contributed by atoms with Crippen LogP contribution in [0.5, 0.6) is 0 Å².